The van der Waals surface area contributed by atoms with E-state index >= 15 is 0 Å². The van der Waals surface area contributed by atoms with Crippen LogP contribution in [-0.4, -0.2) is 32.1 Å². The molecule has 1 unspecified atom stereocenters. The maximum Gasteiger partial charge on any atom is 0.229 e. The second-order valence-electron chi connectivity index (χ2n) is 6.53. The van der Waals surface area contributed by atoms with Gasteiger partial charge < -0.3 is 19.7 Å². The van der Waals surface area contributed by atoms with E-state index in [2.05, 4.69) is 5.32 Å². The van der Waals surface area contributed by atoms with Gasteiger partial charge in [0.05, 0.1) is 19.6 Å². The number of nitrogens with one attached hydrogen (secondary N) is 1. The molecule has 6 heteroatoms. The summed E-state index contributed by atoms with van der Waals surface area (Å²) in [6.45, 7) is 4.80. The molecule has 1 atom stereocenters. The summed E-state index contributed by atoms with van der Waals surface area (Å²) >= 11 is 0. The number of rotatable bonds is 6. The number of hydrogen-bond acceptors (Lipinski definition) is 4. The molecule has 1 saturated heterocycles. The van der Waals surface area contributed by atoms with Gasteiger partial charge in [0.25, 0.3) is 0 Å². The fourth-order valence-electron chi connectivity index (χ4n) is 3.12. The van der Waals surface area contributed by atoms with Gasteiger partial charge in [0.1, 0.15) is 0 Å². The molecule has 0 bridgehead atoms. The maximum absolute atomic E-state index is 12.6. The average molecular weight is 368 g/mol. The molecule has 27 heavy (non-hydrogen) atoms. The molecule has 0 radical (unpaired) electrons. The molecular weight excluding hydrogens is 344 g/mol. The largest absolute Gasteiger partial charge is 0.493 e. The number of anilines is 2. The highest BCUT2D eigenvalue weighted by Gasteiger charge is 2.35. The van der Waals surface area contributed by atoms with Gasteiger partial charge in [-0.1, -0.05) is 17.7 Å². The Morgan fingerprint density at radius 3 is 2.59 bits per heavy atom. The highest BCUT2D eigenvalue weighted by molar-refractivity contribution is 6.03. The first-order valence-corrected chi connectivity index (χ1v) is 9.00. The minimum absolute atomic E-state index is 0.0386. The molecule has 2 aromatic rings. The van der Waals surface area contributed by atoms with E-state index in [1.807, 2.05) is 38.1 Å². The lowest BCUT2D eigenvalue weighted by molar-refractivity contribution is -0.122. The Hall–Kier alpha value is -3.02. The third kappa shape index (κ3) is 4.22. The summed E-state index contributed by atoms with van der Waals surface area (Å²) in [5, 5.41) is 2.88. The zero-order chi connectivity index (χ0) is 19.4. The van der Waals surface area contributed by atoms with Crippen LogP contribution in [0.3, 0.4) is 0 Å². The van der Waals surface area contributed by atoms with Crippen LogP contribution in [0.2, 0.25) is 0 Å². The summed E-state index contributed by atoms with van der Waals surface area (Å²) in [5.74, 6) is 0.571. The van der Waals surface area contributed by atoms with Crippen LogP contribution >= 0.6 is 0 Å². The van der Waals surface area contributed by atoms with Crippen LogP contribution in [0.1, 0.15) is 18.9 Å². The van der Waals surface area contributed by atoms with Gasteiger partial charge in [-0.3, -0.25) is 9.59 Å². The van der Waals surface area contributed by atoms with Gasteiger partial charge in [-0.25, -0.2) is 0 Å². The predicted octanol–water partition coefficient (Wildman–Crippen LogP) is 3.39. The predicted molar refractivity (Wildman–Crippen MR) is 104 cm³/mol. The average Bonchev–Trinajstić information content (AvgIpc) is 3.05. The summed E-state index contributed by atoms with van der Waals surface area (Å²) in [6, 6.07) is 13.0. The quantitative estimate of drug-likeness (QED) is 0.849. The van der Waals surface area contributed by atoms with Crippen molar-refractivity contribution in [3.05, 3.63) is 48.0 Å². The summed E-state index contributed by atoms with van der Waals surface area (Å²) < 4.78 is 10.8. The molecule has 1 fully saturated rings. The molecule has 2 aromatic carbocycles. The molecule has 142 valence electrons. The van der Waals surface area contributed by atoms with E-state index in [1.165, 1.54) is 0 Å². The van der Waals surface area contributed by atoms with E-state index in [0.29, 0.717) is 30.3 Å². The third-order valence-electron chi connectivity index (χ3n) is 4.57. The molecular formula is C21H24N2O4. The number of nitrogens with zero attached hydrogens (tertiary/aromatic N) is 1. The van der Waals surface area contributed by atoms with Crippen LogP contribution in [0.5, 0.6) is 11.5 Å². The van der Waals surface area contributed by atoms with Gasteiger partial charge >= 0.3 is 0 Å². The van der Waals surface area contributed by atoms with Crippen molar-refractivity contribution in [1.82, 2.24) is 0 Å². The van der Waals surface area contributed by atoms with Crippen LogP contribution in [0.4, 0.5) is 11.4 Å². The zero-order valence-corrected chi connectivity index (χ0v) is 15.8. The minimum atomic E-state index is -0.392. The monoisotopic (exact) mass is 368 g/mol. The highest BCUT2D eigenvalue weighted by Crippen LogP contribution is 2.31. The highest BCUT2D eigenvalue weighted by atomic mass is 16.5. The molecule has 1 N–H and O–H groups in total. The topological polar surface area (TPSA) is 67.9 Å². The standard InChI is InChI=1S/C21H24N2O4/c1-4-27-18-10-7-16(12-19(18)26-3)22-21(25)15-11-20(24)23(13-15)17-8-5-14(2)6-9-17/h5-10,12,15H,4,11,13H2,1-3H3,(H,22,25). The Bertz CT molecular complexity index is 833. The number of carbonyl (C=O) groups excluding carboxylic acids is 2. The van der Waals surface area contributed by atoms with Gasteiger partial charge in [-0.2, -0.15) is 0 Å². The van der Waals surface area contributed by atoms with Crippen LogP contribution in [0.15, 0.2) is 42.5 Å². The lowest BCUT2D eigenvalue weighted by Gasteiger charge is -2.17. The smallest absolute Gasteiger partial charge is 0.229 e. The number of aryl methyl sites for hydroxylation is 1. The number of carbonyl (C=O) groups is 2. The zero-order valence-electron chi connectivity index (χ0n) is 15.8. The summed E-state index contributed by atoms with van der Waals surface area (Å²) in [5.41, 5.74) is 2.56. The Kier molecular flexibility index (Phi) is 5.64. The molecule has 3 rings (SSSR count). The van der Waals surface area contributed by atoms with Crippen molar-refractivity contribution in [3.8, 4) is 11.5 Å². The van der Waals surface area contributed by atoms with Gasteiger partial charge in [0.2, 0.25) is 11.8 Å². The van der Waals surface area contributed by atoms with Crippen molar-refractivity contribution in [1.29, 1.82) is 0 Å². The first kappa shape index (κ1) is 18.8. The molecule has 0 aliphatic carbocycles. The maximum atomic E-state index is 12.6. The molecule has 1 heterocycles. The van der Waals surface area contributed by atoms with Crippen molar-refractivity contribution in [2.24, 2.45) is 5.92 Å². The van der Waals surface area contributed by atoms with Gasteiger partial charge in [-0.15, -0.1) is 0 Å². The molecule has 1 aliphatic heterocycles. The number of hydrogen-bond donors (Lipinski definition) is 1. The van der Waals surface area contributed by atoms with Crippen molar-refractivity contribution in [3.63, 3.8) is 0 Å². The first-order chi connectivity index (χ1) is 13.0. The van der Waals surface area contributed by atoms with Gasteiger partial charge in [0, 0.05) is 30.4 Å². The first-order valence-electron chi connectivity index (χ1n) is 9.00. The van der Waals surface area contributed by atoms with Crippen LogP contribution in [-0.2, 0) is 9.59 Å². The van der Waals surface area contributed by atoms with E-state index < -0.39 is 5.92 Å². The molecule has 0 aromatic heterocycles. The number of ether oxygens (including phenoxy) is 2. The molecule has 0 saturated carbocycles. The minimum Gasteiger partial charge on any atom is -0.493 e. The van der Waals surface area contributed by atoms with Crippen molar-refractivity contribution in [2.45, 2.75) is 20.3 Å². The summed E-state index contributed by atoms with van der Waals surface area (Å²) in [6.07, 6.45) is 0.202. The Labute approximate surface area is 159 Å². The second-order valence-corrected chi connectivity index (χ2v) is 6.53. The lowest BCUT2D eigenvalue weighted by atomic mass is 10.1. The number of benzene rings is 2. The van der Waals surface area contributed by atoms with E-state index in [0.717, 1.165) is 11.3 Å². The lowest BCUT2D eigenvalue weighted by Crippen LogP contribution is -2.28. The molecule has 1 aliphatic rings. The Balaban J connectivity index is 1.68. The van der Waals surface area contributed by atoms with Crippen LogP contribution in [0, 0.1) is 12.8 Å². The second kappa shape index (κ2) is 8.12. The van der Waals surface area contributed by atoms with Gasteiger partial charge in [0.15, 0.2) is 11.5 Å². The molecule has 6 nitrogen and oxygen atoms in total. The molecule has 0 spiro atoms. The van der Waals surface area contributed by atoms with Crippen LogP contribution in [0.25, 0.3) is 0 Å². The van der Waals surface area contributed by atoms with Gasteiger partial charge in [-0.05, 0) is 38.1 Å². The normalized spacial score (nSPS) is 16.3. The Morgan fingerprint density at radius 1 is 1.19 bits per heavy atom. The van der Waals surface area contributed by atoms with E-state index in [1.54, 1.807) is 30.2 Å². The van der Waals surface area contributed by atoms with Crippen molar-refractivity contribution >= 4 is 23.2 Å². The van der Waals surface area contributed by atoms with Crippen molar-refractivity contribution in [2.75, 3.05) is 30.5 Å². The van der Waals surface area contributed by atoms with E-state index in [4.69, 9.17) is 9.47 Å². The fraction of sp³-hybridized carbons (Fsp3) is 0.333. The molecule has 2 amide bonds. The van der Waals surface area contributed by atoms with E-state index in [9.17, 15) is 9.59 Å². The van der Waals surface area contributed by atoms with Crippen LogP contribution < -0.4 is 19.7 Å². The number of methoxy groups -OCH3 is 1. The fourth-order valence-corrected chi connectivity index (χ4v) is 3.12. The summed E-state index contributed by atoms with van der Waals surface area (Å²) in [4.78, 5) is 26.7. The summed E-state index contributed by atoms with van der Waals surface area (Å²) in [7, 11) is 1.55. The van der Waals surface area contributed by atoms with E-state index in [-0.39, 0.29) is 18.2 Å². The number of amides is 2. The van der Waals surface area contributed by atoms with Crippen molar-refractivity contribution < 1.29 is 19.1 Å². The Morgan fingerprint density at radius 2 is 1.93 bits per heavy atom. The third-order valence-corrected chi connectivity index (χ3v) is 4.57. The SMILES string of the molecule is CCOc1ccc(NC(=O)C2CC(=O)N(c3ccc(C)cc3)C2)cc1OC.